The van der Waals surface area contributed by atoms with Crippen molar-refractivity contribution < 1.29 is 4.42 Å². The van der Waals surface area contributed by atoms with Crippen LogP contribution in [-0.4, -0.2) is 0 Å². The van der Waals surface area contributed by atoms with Crippen LogP contribution in [0.2, 0.25) is 0 Å². The van der Waals surface area contributed by atoms with Crippen molar-refractivity contribution in [1.29, 1.82) is 0 Å². The van der Waals surface area contributed by atoms with Gasteiger partial charge in [0.05, 0.1) is 5.69 Å². The van der Waals surface area contributed by atoms with Crippen molar-refractivity contribution in [2.45, 2.75) is 0 Å². The Bertz CT molecular complexity index is 2840. The van der Waals surface area contributed by atoms with Gasteiger partial charge in [-0.15, -0.1) is 11.3 Å². The van der Waals surface area contributed by atoms with E-state index in [0.29, 0.717) is 0 Å². The number of nitrogens with zero attached hydrogens (tertiary/aromatic N) is 1. The van der Waals surface area contributed by atoms with Crippen LogP contribution < -0.4 is 4.90 Å². The van der Waals surface area contributed by atoms with E-state index in [2.05, 4.69) is 193 Å². The minimum atomic E-state index is 0.866. The Labute approximate surface area is 300 Å². The molecule has 10 aromatic rings. The van der Waals surface area contributed by atoms with Crippen molar-refractivity contribution in [1.82, 2.24) is 0 Å². The quantitative estimate of drug-likeness (QED) is 0.175. The Morgan fingerprint density at radius 3 is 1.63 bits per heavy atom. The van der Waals surface area contributed by atoms with Crippen LogP contribution >= 0.6 is 11.3 Å². The smallest absolute Gasteiger partial charge is 0.159 e. The predicted octanol–water partition coefficient (Wildman–Crippen LogP) is 14.4. The molecule has 0 radical (unpaired) electrons. The zero-order valence-corrected chi connectivity index (χ0v) is 28.5. The highest BCUT2D eigenvalue weighted by Crippen LogP contribution is 2.47. The van der Waals surface area contributed by atoms with E-state index in [0.717, 1.165) is 50.1 Å². The fourth-order valence-corrected chi connectivity index (χ4v) is 8.73. The molecule has 0 N–H and O–H groups in total. The minimum absolute atomic E-state index is 0.866. The predicted molar refractivity (Wildman–Crippen MR) is 218 cm³/mol. The Morgan fingerprint density at radius 2 is 0.922 bits per heavy atom. The van der Waals surface area contributed by atoms with Crippen molar-refractivity contribution in [3.05, 3.63) is 188 Å². The molecule has 240 valence electrons. The molecule has 0 aliphatic heterocycles. The number of rotatable bonds is 6. The molecule has 10 rings (SSSR count). The second-order valence-electron chi connectivity index (χ2n) is 12.9. The van der Waals surface area contributed by atoms with Crippen molar-refractivity contribution in [3.63, 3.8) is 0 Å². The molecular formula is C48H31NOS. The molecule has 0 aliphatic carbocycles. The summed E-state index contributed by atoms with van der Waals surface area (Å²) in [7, 11) is 0. The topological polar surface area (TPSA) is 16.4 Å². The molecule has 0 bridgehead atoms. The first-order chi connectivity index (χ1) is 25.3. The normalized spacial score (nSPS) is 11.5. The van der Waals surface area contributed by atoms with Crippen LogP contribution in [0.1, 0.15) is 0 Å². The number of hydrogen-bond donors (Lipinski definition) is 0. The molecule has 0 saturated heterocycles. The van der Waals surface area contributed by atoms with E-state index in [-0.39, 0.29) is 0 Å². The second kappa shape index (κ2) is 12.2. The Hall–Kier alpha value is -6.42. The molecule has 2 aromatic heterocycles. The number of benzene rings is 8. The fraction of sp³-hybridized carbons (Fsp3) is 0. The van der Waals surface area contributed by atoms with Gasteiger partial charge in [0.15, 0.2) is 5.58 Å². The van der Waals surface area contributed by atoms with Gasteiger partial charge in [0, 0.05) is 47.9 Å². The van der Waals surface area contributed by atoms with Crippen LogP contribution in [-0.2, 0) is 0 Å². The third-order valence-corrected chi connectivity index (χ3v) is 11.1. The van der Waals surface area contributed by atoms with Gasteiger partial charge in [-0.05, 0) is 58.1 Å². The van der Waals surface area contributed by atoms with Crippen LogP contribution in [0.4, 0.5) is 17.1 Å². The van der Waals surface area contributed by atoms with Crippen molar-refractivity contribution in [2.24, 2.45) is 0 Å². The van der Waals surface area contributed by atoms with Gasteiger partial charge in [0.2, 0.25) is 0 Å². The standard InChI is InChI=1S/C48H31NOS/c1-4-13-32(14-5-1)33-25-27-36(28-26-33)49(37-29-30-40-43-23-11-20-39(35-17-8-3-9-18-35)48(43)51-45(40)31-37)44-24-12-22-42-41-21-10-19-38(46(41)50-47(42)44)34-15-6-2-7-16-34/h1-31H. The highest BCUT2D eigenvalue weighted by molar-refractivity contribution is 7.26. The maximum atomic E-state index is 6.95. The average molecular weight is 670 g/mol. The number of furan rings is 1. The molecule has 8 aromatic carbocycles. The SMILES string of the molecule is c1ccc(-c2ccc(N(c3ccc4c(c3)sc3c(-c5ccccc5)cccc34)c3cccc4c3oc3c(-c5ccccc5)cccc34)cc2)cc1. The summed E-state index contributed by atoms with van der Waals surface area (Å²) in [5.74, 6) is 0. The van der Waals surface area contributed by atoms with E-state index >= 15 is 0 Å². The van der Waals surface area contributed by atoms with E-state index in [4.69, 9.17) is 4.42 Å². The summed E-state index contributed by atoms with van der Waals surface area (Å²) < 4.78 is 9.51. The molecule has 0 fully saturated rings. The van der Waals surface area contributed by atoms with Gasteiger partial charge >= 0.3 is 0 Å². The fourth-order valence-electron chi connectivity index (χ4n) is 7.46. The second-order valence-corrected chi connectivity index (χ2v) is 13.9. The van der Waals surface area contributed by atoms with Crippen LogP contribution in [0.5, 0.6) is 0 Å². The van der Waals surface area contributed by atoms with Gasteiger partial charge < -0.3 is 9.32 Å². The number of hydrogen-bond acceptors (Lipinski definition) is 3. The number of anilines is 3. The van der Waals surface area contributed by atoms with Crippen molar-refractivity contribution in [3.8, 4) is 33.4 Å². The maximum absolute atomic E-state index is 6.95. The molecule has 0 unspecified atom stereocenters. The Kier molecular flexibility index (Phi) is 7.04. The molecule has 0 spiro atoms. The lowest BCUT2D eigenvalue weighted by Gasteiger charge is -2.26. The average Bonchev–Trinajstić information content (AvgIpc) is 3.78. The summed E-state index contributed by atoms with van der Waals surface area (Å²) in [6, 6.07) is 67.1. The molecule has 51 heavy (non-hydrogen) atoms. The zero-order valence-electron chi connectivity index (χ0n) is 27.7. The first-order valence-corrected chi connectivity index (χ1v) is 18.1. The van der Waals surface area contributed by atoms with Gasteiger partial charge in [-0.1, -0.05) is 158 Å². The monoisotopic (exact) mass is 669 g/mol. The molecule has 2 heterocycles. The van der Waals surface area contributed by atoms with Crippen LogP contribution in [0.25, 0.3) is 75.5 Å². The van der Waals surface area contributed by atoms with Crippen LogP contribution in [0.3, 0.4) is 0 Å². The van der Waals surface area contributed by atoms with Gasteiger partial charge in [-0.2, -0.15) is 0 Å². The maximum Gasteiger partial charge on any atom is 0.159 e. The summed E-state index contributed by atoms with van der Waals surface area (Å²) in [5.41, 5.74) is 12.0. The number of para-hydroxylation sites is 2. The van der Waals surface area contributed by atoms with Gasteiger partial charge in [-0.3, -0.25) is 0 Å². The summed E-state index contributed by atoms with van der Waals surface area (Å²) in [5, 5.41) is 4.77. The molecule has 0 saturated carbocycles. The van der Waals surface area contributed by atoms with E-state index in [1.165, 1.54) is 42.4 Å². The summed E-state index contributed by atoms with van der Waals surface area (Å²) in [4.78, 5) is 2.35. The Morgan fingerprint density at radius 1 is 0.373 bits per heavy atom. The highest BCUT2D eigenvalue weighted by atomic mass is 32.1. The lowest BCUT2D eigenvalue weighted by atomic mass is 10.0. The minimum Gasteiger partial charge on any atom is -0.453 e. The van der Waals surface area contributed by atoms with E-state index in [9.17, 15) is 0 Å². The molecule has 0 amide bonds. The summed E-state index contributed by atoms with van der Waals surface area (Å²) in [6.07, 6.45) is 0. The molecule has 3 heteroatoms. The van der Waals surface area contributed by atoms with E-state index < -0.39 is 0 Å². The van der Waals surface area contributed by atoms with E-state index in [1.54, 1.807) is 0 Å². The first-order valence-electron chi connectivity index (χ1n) is 17.3. The first kappa shape index (κ1) is 29.5. The lowest BCUT2D eigenvalue weighted by molar-refractivity contribution is 0.670. The van der Waals surface area contributed by atoms with Crippen LogP contribution in [0, 0.1) is 0 Å². The third kappa shape index (κ3) is 5.01. The molecule has 2 nitrogen and oxygen atoms in total. The Balaban J connectivity index is 1.19. The van der Waals surface area contributed by atoms with Crippen molar-refractivity contribution >= 4 is 70.5 Å². The van der Waals surface area contributed by atoms with E-state index in [1.807, 2.05) is 11.3 Å². The number of fused-ring (bicyclic) bond motifs is 6. The number of thiophene rings is 1. The zero-order chi connectivity index (χ0) is 33.7. The van der Waals surface area contributed by atoms with Gasteiger partial charge in [0.1, 0.15) is 5.58 Å². The largest absolute Gasteiger partial charge is 0.453 e. The van der Waals surface area contributed by atoms with Crippen LogP contribution in [0.15, 0.2) is 192 Å². The lowest BCUT2D eigenvalue weighted by Crippen LogP contribution is -2.10. The molecule has 0 atom stereocenters. The molecule has 0 aliphatic rings. The summed E-state index contributed by atoms with van der Waals surface area (Å²) >= 11 is 1.86. The molecular weight excluding hydrogens is 639 g/mol. The summed E-state index contributed by atoms with van der Waals surface area (Å²) in [6.45, 7) is 0. The highest BCUT2D eigenvalue weighted by Gasteiger charge is 2.22. The van der Waals surface area contributed by atoms with Gasteiger partial charge in [-0.25, -0.2) is 0 Å². The van der Waals surface area contributed by atoms with Crippen molar-refractivity contribution in [2.75, 3.05) is 4.90 Å². The third-order valence-electron chi connectivity index (χ3n) is 9.89. The van der Waals surface area contributed by atoms with Gasteiger partial charge in [0.25, 0.3) is 0 Å².